The lowest BCUT2D eigenvalue weighted by atomic mass is 9.74. The molecule has 11 nitrogen and oxygen atoms in total. The molecule has 10 atom stereocenters. The Morgan fingerprint density at radius 2 is 1.95 bits per heavy atom. The molecule has 1 aliphatic carbocycles. The van der Waals surface area contributed by atoms with Gasteiger partial charge in [0, 0.05) is 23.4 Å². The molecule has 3 fully saturated rings. The van der Waals surface area contributed by atoms with Crippen molar-refractivity contribution >= 4 is 5.91 Å². The average molecular weight is 558 g/mol. The van der Waals surface area contributed by atoms with Gasteiger partial charge in [0.15, 0.2) is 0 Å². The summed E-state index contributed by atoms with van der Waals surface area (Å²) in [4.78, 5) is 17.6. The summed E-state index contributed by atoms with van der Waals surface area (Å²) in [6.07, 6.45) is -2.72. The van der Waals surface area contributed by atoms with Gasteiger partial charge in [0.25, 0.3) is 0 Å². The molecule has 5 rings (SSSR count). The highest BCUT2D eigenvalue weighted by atomic mass is 16.8. The van der Waals surface area contributed by atoms with E-state index in [1.54, 1.807) is 26.4 Å². The first kappa shape index (κ1) is 28.9. The van der Waals surface area contributed by atoms with Crippen molar-refractivity contribution in [1.29, 1.82) is 0 Å². The predicted octanol–water partition coefficient (Wildman–Crippen LogP) is 0.742. The quantitative estimate of drug-likeness (QED) is 0.330. The topological polar surface area (TPSA) is 152 Å². The smallest absolute Gasteiger partial charge is 0.239 e. The minimum absolute atomic E-state index is 0.00741. The third-order valence-electron chi connectivity index (χ3n) is 8.34. The van der Waals surface area contributed by atoms with Crippen molar-refractivity contribution in [2.24, 2.45) is 5.92 Å². The van der Waals surface area contributed by atoms with E-state index in [2.05, 4.69) is 15.6 Å². The summed E-state index contributed by atoms with van der Waals surface area (Å²) in [5, 5.41) is 39.5. The number of benzene rings is 1. The highest BCUT2D eigenvalue weighted by molar-refractivity contribution is 5.78. The lowest BCUT2D eigenvalue weighted by Gasteiger charge is -2.58. The van der Waals surface area contributed by atoms with Crippen molar-refractivity contribution in [3.05, 3.63) is 48.3 Å². The number of methoxy groups -OCH3 is 1. The Morgan fingerprint density at radius 1 is 1.15 bits per heavy atom. The van der Waals surface area contributed by atoms with Crippen LogP contribution in [0.4, 0.5) is 0 Å². The van der Waals surface area contributed by atoms with Crippen molar-refractivity contribution in [2.75, 3.05) is 14.2 Å². The lowest BCUT2D eigenvalue weighted by molar-refractivity contribution is -0.450. The second-order valence-electron chi connectivity index (χ2n) is 10.9. The number of ether oxygens (including phenoxy) is 4. The number of aromatic nitrogens is 1. The molecule has 5 N–H and O–H groups in total. The molecule has 2 saturated heterocycles. The van der Waals surface area contributed by atoms with Crippen molar-refractivity contribution in [1.82, 2.24) is 15.6 Å². The van der Waals surface area contributed by atoms with E-state index in [1.165, 1.54) is 0 Å². The summed E-state index contributed by atoms with van der Waals surface area (Å²) in [5.74, 6) is -2.07. The fourth-order valence-corrected chi connectivity index (χ4v) is 6.15. The highest BCUT2D eigenvalue weighted by Gasteiger charge is 2.63. The number of rotatable bonds is 7. The zero-order valence-electron chi connectivity index (χ0n) is 23.2. The van der Waals surface area contributed by atoms with Gasteiger partial charge >= 0.3 is 0 Å². The number of amides is 1. The van der Waals surface area contributed by atoms with Crippen LogP contribution in [-0.2, 0) is 25.4 Å². The predicted molar refractivity (Wildman–Crippen MR) is 144 cm³/mol. The zero-order chi connectivity index (χ0) is 28.6. The Balaban J connectivity index is 1.30. The van der Waals surface area contributed by atoms with Crippen LogP contribution < -0.4 is 15.4 Å². The molecule has 1 aromatic heterocycles. The third-order valence-corrected chi connectivity index (χ3v) is 8.34. The number of hydrogen-bond acceptors (Lipinski definition) is 10. The van der Waals surface area contributed by atoms with Crippen LogP contribution in [0, 0.1) is 5.92 Å². The second-order valence-corrected chi connectivity index (χ2v) is 10.9. The van der Waals surface area contributed by atoms with Crippen molar-refractivity contribution in [2.45, 2.75) is 87.8 Å². The van der Waals surface area contributed by atoms with Crippen LogP contribution in [0.25, 0.3) is 11.1 Å². The molecule has 3 aliphatic rings. The number of aliphatic hydroxyl groups is 3. The zero-order valence-corrected chi connectivity index (χ0v) is 23.2. The van der Waals surface area contributed by atoms with Crippen molar-refractivity contribution < 1.29 is 39.1 Å². The minimum Gasteiger partial charge on any atom is -0.497 e. The summed E-state index contributed by atoms with van der Waals surface area (Å²) in [6, 6.07) is 9.85. The van der Waals surface area contributed by atoms with Gasteiger partial charge in [-0.25, -0.2) is 0 Å². The number of fused-ring (bicyclic) bond motifs is 2. The Hall–Kier alpha value is -2.64. The van der Waals surface area contributed by atoms with Crippen molar-refractivity contribution in [3.8, 4) is 16.9 Å². The molecular formula is C29H39N3O8. The minimum atomic E-state index is -2.03. The average Bonchev–Trinajstić information content (AvgIpc) is 2.94. The van der Waals surface area contributed by atoms with Gasteiger partial charge in [0.2, 0.25) is 18.0 Å². The first-order valence-corrected chi connectivity index (χ1v) is 13.8. The molecule has 2 aliphatic heterocycles. The van der Waals surface area contributed by atoms with Crippen LogP contribution in [-0.4, -0.2) is 95.0 Å². The van der Waals surface area contributed by atoms with Crippen molar-refractivity contribution in [3.63, 3.8) is 0 Å². The normalized spacial score (nSPS) is 37.2. The molecular weight excluding hydrogens is 518 g/mol. The van der Waals surface area contributed by atoms with Crippen LogP contribution in [0.15, 0.2) is 42.6 Å². The van der Waals surface area contributed by atoms with Crippen LogP contribution in [0.5, 0.6) is 5.75 Å². The largest absolute Gasteiger partial charge is 0.497 e. The SMILES string of the molecule is CC[C@@H]1[C@H](O)[C@H](NC)C2O[C@]3(O)C(OC2[C@H]1O)O[C@H](C)C[C@H]3NC(=O)Cc1ccc(-c2cccc(OC)c2)cn1. The molecule has 11 heteroatoms. The molecule has 218 valence electrons. The maximum Gasteiger partial charge on any atom is 0.239 e. The number of carbonyl (C=O) groups is 1. The first-order chi connectivity index (χ1) is 19.2. The Kier molecular flexibility index (Phi) is 8.44. The molecule has 0 bridgehead atoms. The van der Waals surface area contributed by atoms with Crippen LogP contribution in [0.3, 0.4) is 0 Å². The van der Waals surface area contributed by atoms with Gasteiger partial charge in [-0.2, -0.15) is 0 Å². The number of pyridine rings is 1. The van der Waals surface area contributed by atoms with Gasteiger partial charge < -0.3 is 44.9 Å². The van der Waals surface area contributed by atoms with E-state index in [4.69, 9.17) is 18.9 Å². The molecule has 0 spiro atoms. The molecule has 1 saturated carbocycles. The van der Waals surface area contributed by atoms with Gasteiger partial charge in [0.1, 0.15) is 18.0 Å². The monoisotopic (exact) mass is 557 g/mol. The number of nitrogens with zero attached hydrogens (tertiary/aromatic N) is 1. The maximum absolute atomic E-state index is 13.1. The van der Waals surface area contributed by atoms with E-state index >= 15 is 0 Å². The molecule has 3 unspecified atom stereocenters. The maximum atomic E-state index is 13.1. The number of carbonyl (C=O) groups excluding carboxylic acids is 1. The third kappa shape index (κ3) is 5.35. The molecule has 3 heterocycles. The van der Waals surface area contributed by atoms with E-state index in [0.717, 1.165) is 16.9 Å². The molecule has 0 radical (unpaired) electrons. The van der Waals surface area contributed by atoms with E-state index < -0.39 is 54.5 Å². The molecule has 2 aromatic rings. The molecule has 40 heavy (non-hydrogen) atoms. The van der Waals surface area contributed by atoms with E-state index in [0.29, 0.717) is 12.1 Å². The van der Waals surface area contributed by atoms with Crippen LogP contribution >= 0.6 is 0 Å². The summed E-state index contributed by atoms with van der Waals surface area (Å²) < 4.78 is 23.5. The Morgan fingerprint density at radius 3 is 2.62 bits per heavy atom. The summed E-state index contributed by atoms with van der Waals surface area (Å²) in [6.45, 7) is 3.70. The summed E-state index contributed by atoms with van der Waals surface area (Å²) in [7, 11) is 3.29. The molecule has 1 amide bonds. The standard InChI is InChI=1S/C29H39N3O8/c1-5-20-24(34)23(30-3)26-27(25(20)35)39-28-29(36,40-26)21(11-15(2)38-28)32-22(33)13-18-10-9-17(14-31-18)16-7-6-8-19(12-16)37-4/h6-10,12,14-15,20-21,23-28,30,34-36H,5,11,13H2,1-4H3,(H,32,33)/t15-,20-,21-,23+,24+,25+,26?,27?,28?,29+/m1/s1. The van der Waals surface area contributed by atoms with Crippen LogP contribution in [0.2, 0.25) is 0 Å². The number of aliphatic hydroxyl groups excluding tert-OH is 2. The number of likely N-dealkylation sites (N-methyl/N-ethyl adjacent to an activating group) is 1. The van der Waals surface area contributed by atoms with Gasteiger partial charge in [0.05, 0.1) is 43.9 Å². The van der Waals surface area contributed by atoms with Gasteiger partial charge in [-0.05, 0) is 50.6 Å². The lowest BCUT2D eigenvalue weighted by Crippen LogP contribution is -2.77. The van der Waals surface area contributed by atoms with Gasteiger partial charge in [-0.15, -0.1) is 0 Å². The first-order valence-electron chi connectivity index (χ1n) is 13.8. The Labute approximate surface area is 233 Å². The molecule has 1 aromatic carbocycles. The second kappa shape index (κ2) is 11.7. The summed E-state index contributed by atoms with van der Waals surface area (Å²) >= 11 is 0. The highest BCUT2D eigenvalue weighted by Crippen LogP contribution is 2.43. The number of hydrogen-bond donors (Lipinski definition) is 5. The van der Waals surface area contributed by atoms with Gasteiger partial charge in [-0.1, -0.05) is 25.1 Å². The Bertz CT molecular complexity index is 1180. The van der Waals surface area contributed by atoms with E-state index in [-0.39, 0.29) is 24.9 Å². The fraction of sp³-hybridized carbons (Fsp3) is 0.586. The number of nitrogens with one attached hydrogen (secondary N) is 2. The van der Waals surface area contributed by atoms with Gasteiger partial charge in [-0.3, -0.25) is 9.78 Å². The van der Waals surface area contributed by atoms with E-state index in [9.17, 15) is 20.1 Å². The van der Waals surface area contributed by atoms with Crippen LogP contribution in [0.1, 0.15) is 32.4 Å². The van der Waals surface area contributed by atoms with E-state index in [1.807, 2.05) is 44.2 Å². The fourth-order valence-electron chi connectivity index (χ4n) is 6.15. The summed E-state index contributed by atoms with van der Waals surface area (Å²) in [5.41, 5.74) is 2.40.